The summed E-state index contributed by atoms with van der Waals surface area (Å²) in [7, 11) is 2.19. The molecule has 112 valence electrons. The quantitative estimate of drug-likeness (QED) is 0.641. The molecule has 1 aromatic rings. The summed E-state index contributed by atoms with van der Waals surface area (Å²) in [5, 5.41) is 0. The highest BCUT2D eigenvalue weighted by Gasteiger charge is 2.24. The molecule has 0 bridgehead atoms. The van der Waals surface area contributed by atoms with E-state index < -0.39 is 0 Å². The first kappa shape index (κ1) is 15.0. The number of piperazine rings is 1. The Hall–Kier alpha value is -1.40. The number of nitrogen functional groups attached to an aromatic ring is 1. The lowest BCUT2D eigenvalue weighted by atomic mass is 10.1. The van der Waals surface area contributed by atoms with Gasteiger partial charge in [0.05, 0.1) is 0 Å². The molecular weight excluding hydrogens is 252 g/mol. The number of hydrazine groups is 1. The number of hydrogen-bond acceptors (Lipinski definition) is 6. The summed E-state index contributed by atoms with van der Waals surface area (Å²) in [4.78, 5) is 13.9. The topological polar surface area (TPSA) is 70.3 Å². The van der Waals surface area contributed by atoms with E-state index in [4.69, 9.17) is 10.8 Å². The minimum atomic E-state index is 0.288. The molecule has 1 atom stereocenters. The third-order valence-electron chi connectivity index (χ3n) is 3.97. The van der Waals surface area contributed by atoms with Crippen LogP contribution in [0.1, 0.15) is 38.9 Å². The maximum atomic E-state index is 5.53. The van der Waals surface area contributed by atoms with E-state index in [0.29, 0.717) is 11.9 Å². The standard InChI is InChI=1S/C14H26N6/c1-5-11-9-20(7-6-19(11)4)13-8-12(18-15)16-14(17-13)10(2)3/h8,10-11H,5-7,9,15H2,1-4H3,(H,16,17,18). The van der Waals surface area contributed by atoms with Crippen molar-refractivity contribution in [3.05, 3.63) is 11.9 Å². The van der Waals surface area contributed by atoms with Crippen LogP contribution in [0.25, 0.3) is 0 Å². The molecule has 0 aliphatic carbocycles. The van der Waals surface area contributed by atoms with E-state index in [1.807, 2.05) is 6.07 Å². The first-order valence-corrected chi connectivity index (χ1v) is 7.36. The summed E-state index contributed by atoms with van der Waals surface area (Å²) in [5.74, 6) is 8.31. The molecule has 1 aliphatic rings. The molecule has 0 radical (unpaired) electrons. The number of hydrogen-bond donors (Lipinski definition) is 2. The van der Waals surface area contributed by atoms with Crippen LogP contribution in [0.3, 0.4) is 0 Å². The molecule has 0 saturated carbocycles. The number of nitrogens with two attached hydrogens (primary N) is 1. The van der Waals surface area contributed by atoms with Crippen molar-refractivity contribution in [3.63, 3.8) is 0 Å². The molecule has 2 heterocycles. The minimum absolute atomic E-state index is 0.288. The molecule has 1 unspecified atom stereocenters. The Kier molecular flexibility index (Phi) is 4.77. The Balaban J connectivity index is 2.25. The van der Waals surface area contributed by atoms with Gasteiger partial charge in [0.25, 0.3) is 0 Å². The van der Waals surface area contributed by atoms with Crippen molar-refractivity contribution in [1.29, 1.82) is 0 Å². The van der Waals surface area contributed by atoms with Gasteiger partial charge in [-0.25, -0.2) is 15.8 Å². The van der Waals surface area contributed by atoms with Gasteiger partial charge in [-0.05, 0) is 13.5 Å². The minimum Gasteiger partial charge on any atom is -0.354 e. The molecule has 20 heavy (non-hydrogen) atoms. The zero-order chi connectivity index (χ0) is 14.7. The predicted molar refractivity (Wildman–Crippen MR) is 82.9 cm³/mol. The van der Waals surface area contributed by atoms with Gasteiger partial charge in [-0.1, -0.05) is 20.8 Å². The van der Waals surface area contributed by atoms with Crippen LogP contribution in [0.15, 0.2) is 6.07 Å². The van der Waals surface area contributed by atoms with E-state index in [0.717, 1.165) is 37.7 Å². The van der Waals surface area contributed by atoms with Crippen molar-refractivity contribution in [2.75, 3.05) is 37.0 Å². The average Bonchev–Trinajstić information content (AvgIpc) is 2.47. The Labute approximate surface area is 121 Å². The summed E-state index contributed by atoms with van der Waals surface area (Å²) >= 11 is 0. The average molecular weight is 278 g/mol. The predicted octanol–water partition coefficient (Wildman–Crippen LogP) is 1.42. The lowest BCUT2D eigenvalue weighted by molar-refractivity contribution is 0.213. The van der Waals surface area contributed by atoms with E-state index in [1.54, 1.807) is 0 Å². The summed E-state index contributed by atoms with van der Waals surface area (Å²) < 4.78 is 0. The first-order valence-electron chi connectivity index (χ1n) is 7.36. The van der Waals surface area contributed by atoms with Crippen LogP contribution in [-0.4, -0.2) is 47.6 Å². The largest absolute Gasteiger partial charge is 0.354 e. The number of nitrogens with zero attached hydrogens (tertiary/aromatic N) is 4. The van der Waals surface area contributed by atoms with Crippen LogP contribution < -0.4 is 16.2 Å². The number of rotatable bonds is 4. The summed E-state index contributed by atoms with van der Waals surface area (Å²) in [5.41, 5.74) is 2.65. The van der Waals surface area contributed by atoms with Crippen molar-refractivity contribution in [1.82, 2.24) is 14.9 Å². The summed E-state index contributed by atoms with van der Waals surface area (Å²) in [6.07, 6.45) is 1.15. The van der Waals surface area contributed by atoms with Gasteiger partial charge in [-0.15, -0.1) is 0 Å². The first-order chi connectivity index (χ1) is 9.55. The number of aromatic nitrogens is 2. The Morgan fingerprint density at radius 2 is 2.15 bits per heavy atom. The van der Waals surface area contributed by atoms with Crippen molar-refractivity contribution >= 4 is 11.6 Å². The number of anilines is 2. The van der Waals surface area contributed by atoms with Crippen LogP contribution in [0.4, 0.5) is 11.6 Å². The Morgan fingerprint density at radius 3 is 2.75 bits per heavy atom. The van der Waals surface area contributed by atoms with E-state index in [9.17, 15) is 0 Å². The van der Waals surface area contributed by atoms with E-state index in [-0.39, 0.29) is 5.92 Å². The van der Waals surface area contributed by atoms with Gasteiger partial charge in [0, 0.05) is 37.7 Å². The fourth-order valence-electron chi connectivity index (χ4n) is 2.54. The molecule has 2 rings (SSSR count). The monoisotopic (exact) mass is 278 g/mol. The summed E-state index contributed by atoms with van der Waals surface area (Å²) in [6, 6.07) is 2.51. The smallest absolute Gasteiger partial charge is 0.145 e. The van der Waals surface area contributed by atoms with Crippen molar-refractivity contribution in [2.45, 2.75) is 39.2 Å². The second kappa shape index (κ2) is 6.37. The molecule has 0 amide bonds. The van der Waals surface area contributed by atoms with Gasteiger partial charge in [-0.2, -0.15) is 0 Å². The normalized spacial score (nSPS) is 20.5. The molecule has 1 aromatic heterocycles. The third-order valence-corrected chi connectivity index (χ3v) is 3.97. The molecule has 6 heteroatoms. The second-order valence-corrected chi connectivity index (χ2v) is 5.76. The van der Waals surface area contributed by atoms with E-state index >= 15 is 0 Å². The summed E-state index contributed by atoms with van der Waals surface area (Å²) in [6.45, 7) is 9.48. The van der Waals surface area contributed by atoms with Crippen LogP contribution >= 0.6 is 0 Å². The maximum absolute atomic E-state index is 5.53. The van der Waals surface area contributed by atoms with Gasteiger partial charge in [0.1, 0.15) is 17.5 Å². The maximum Gasteiger partial charge on any atom is 0.145 e. The van der Waals surface area contributed by atoms with Crippen molar-refractivity contribution in [2.24, 2.45) is 5.84 Å². The molecule has 6 nitrogen and oxygen atoms in total. The SMILES string of the molecule is CCC1CN(c2cc(NN)nc(C(C)C)n2)CCN1C. The van der Waals surface area contributed by atoms with Crippen molar-refractivity contribution in [3.8, 4) is 0 Å². The molecule has 1 fully saturated rings. The molecule has 1 aliphatic heterocycles. The zero-order valence-electron chi connectivity index (χ0n) is 12.9. The Morgan fingerprint density at radius 1 is 1.40 bits per heavy atom. The van der Waals surface area contributed by atoms with Crippen LogP contribution in [0.2, 0.25) is 0 Å². The Bertz CT molecular complexity index is 447. The van der Waals surface area contributed by atoms with E-state index in [2.05, 4.69) is 48.0 Å². The van der Waals surface area contributed by atoms with E-state index in [1.165, 1.54) is 0 Å². The van der Waals surface area contributed by atoms with Crippen molar-refractivity contribution < 1.29 is 0 Å². The third kappa shape index (κ3) is 3.19. The van der Waals surface area contributed by atoms with Gasteiger partial charge >= 0.3 is 0 Å². The lowest BCUT2D eigenvalue weighted by Crippen LogP contribution is -2.51. The van der Waals surface area contributed by atoms with Crippen LogP contribution in [0, 0.1) is 0 Å². The van der Waals surface area contributed by atoms with Gasteiger partial charge in [0.2, 0.25) is 0 Å². The molecular formula is C14H26N6. The van der Waals surface area contributed by atoms with Gasteiger partial charge < -0.3 is 10.3 Å². The number of likely N-dealkylation sites (N-methyl/N-ethyl adjacent to an activating group) is 1. The molecule has 0 spiro atoms. The molecule has 1 saturated heterocycles. The van der Waals surface area contributed by atoms with Gasteiger partial charge in [-0.3, -0.25) is 4.90 Å². The molecule has 0 aromatic carbocycles. The highest BCUT2D eigenvalue weighted by Crippen LogP contribution is 2.22. The van der Waals surface area contributed by atoms with Crippen LogP contribution in [-0.2, 0) is 0 Å². The lowest BCUT2D eigenvalue weighted by Gasteiger charge is -2.39. The number of nitrogens with one attached hydrogen (secondary N) is 1. The second-order valence-electron chi connectivity index (χ2n) is 5.76. The highest BCUT2D eigenvalue weighted by molar-refractivity contribution is 5.49. The zero-order valence-corrected chi connectivity index (χ0v) is 12.9. The fraction of sp³-hybridized carbons (Fsp3) is 0.714. The van der Waals surface area contributed by atoms with Crippen LogP contribution in [0.5, 0.6) is 0 Å². The fourth-order valence-corrected chi connectivity index (χ4v) is 2.54. The highest BCUT2D eigenvalue weighted by atomic mass is 15.3. The van der Waals surface area contributed by atoms with Gasteiger partial charge in [0.15, 0.2) is 0 Å². The molecule has 3 N–H and O–H groups in total.